The molecule has 3 heteroatoms. The van der Waals surface area contributed by atoms with Crippen molar-refractivity contribution in [2.45, 2.75) is 31.8 Å². The molecule has 0 amide bonds. The molecule has 1 atom stereocenters. The van der Waals surface area contributed by atoms with Crippen molar-refractivity contribution >= 4 is 5.69 Å². The molecule has 1 N–H and O–H groups in total. The number of piperidine rings is 1. The lowest BCUT2D eigenvalue weighted by Gasteiger charge is -2.45. The van der Waals surface area contributed by atoms with Gasteiger partial charge < -0.3 is 10.2 Å². The van der Waals surface area contributed by atoms with E-state index in [0.717, 1.165) is 12.6 Å². The van der Waals surface area contributed by atoms with E-state index in [-0.39, 0.29) is 0 Å². The maximum absolute atomic E-state index is 3.20. The Morgan fingerprint density at radius 1 is 1.11 bits per heavy atom. The molecule has 0 aromatic heterocycles. The van der Waals surface area contributed by atoms with Gasteiger partial charge >= 0.3 is 0 Å². The van der Waals surface area contributed by atoms with E-state index in [4.69, 9.17) is 0 Å². The molecule has 2 fully saturated rings. The molecule has 2 saturated heterocycles. The van der Waals surface area contributed by atoms with Crippen molar-refractivity contribution < 1.29 is 0 Å². The molecular weight excluding hydrogens is 234 g/mol. The zero-order valence-electron chi connectivity index (χ0n) is 11.9. The number of nitrogens with one attached hydrogen (secondary N) is 1. The van der Waals surface area contributed by atoms with Crippen LogP contribution in [0.5, 0.6) is 0 Å². The third-order valence-electron chi connectivity index (χ3n) is 4.52. The summed E-state index contributed by atoms with van der Waals surface area (Å²) in [6, 6.07) is 9.86. The lowest BCUT2D eigenvalue weighted by atomic mass is 9.99. The van der Waals surface area contributed by atoms with Crippen LogP contribution in [0.2, 0.25) is 0 Å². The summed E-state index contributed by atoms with van der Waals surface area (Å²) in [4.78, 5) is 5.25. The van der Waals surface area contributed by atoms with E-state index >= 15 is 0 Å². The molecule has 0 bridgehead atoms. The minimum Gasteiger partial charge on any atom is -0.369 e. The number of benzene rings is 1. The van der Waals surface area contributed by atoms with Crippen LogP contribution in [0.15, 0.2) is 24.3 Å². The average molecular weight is 259 g/mol. The zero-order chi connectivity index (χ0) is 13.1. The Morgan fingerprint density at radius 3 is 2.74 bits per heavy atom. The first kappa shape index (κ1) is 12.9. The third kappa shape index (κ3) is 2.93. The normalized spacial score (nSPS) is 24.3. The molecule has 19 heavy (non-hydrogen) atoms. The predicted molar refractivity (Wildman–Crippen MR) is 80.6 cm³/mol. The van der Waals surface area contributed by atoms with Crippen LogP contribution in [0.4, 0.5) is 5.69 Å². The Labute approximate surface area is 116 Å². The molecule has 0 spiro atoms. The number of anilines is 1. The Bertz CT molecular complexity index is 401. The summed E-state index contributed by atoms with van der Waals surface area (Å²) in [6.45, 7) is 5.91. The van der Waals surface area contributed by atoms with E-state index < -0.39 is 0 Å². The van der Waals surface area contributed by atoms with E-state index in [1.54, 1.807) is 0 Å². The van der Waals surface area contributed by atoms with Crippen LogP contribution in [0.3, 0.4) is 0 Å². The predicted octanol–water partition coefficient (Wildman–Crippen LogP) is 2.08. The summed E-state index contributed by atoms with van der Waals surface area (Å²) < 4.78 is 0. The van der Waals surface area contributed by atoms with Gasteiger partial charge in [-0.05, 0) is 44.1 Å². The van der Waals surface area contributed by atoms with Crippen molar-refractivity contribution in [3.63, 3.8) is 0 Å². The first-order valence-corrected chi connectivity index (χ1v) is 7.59. The summed E-state index contributed by atoms with van der Waals surface area (Å²) in [5.41, 5.74) is 2.76. The van der Waals surface area contributed by atoms with E-state index in [1.165, 1.54) is 56.7 Å². The number of nitrogens with zero attached hydrogens (tertiary/aromatic N) is 2. The molecule has 2 aliphatic heterocycles. The van der Waals surface area contributed by atoms with Crippen LogP contribution in [-0.4, -0.2) is 44.2 Å². The van der Waals surface area contributed by atoms with Gasteiger partial charge in [-0.25, -0.2) is 0 Å². The quantitative estimate of drug-likeness (QED) is 0.896. The number of hydrogen-bond donors (Lipinski definition) is 1. The highest BCUT2D eigenvalue weighted by molar-refractivity contribution is 5.48. The Kier molecular flexibility index (Phi) is 4.04. The van der Waals surface area contributed by atoms with Crippen LogP contribution < -0.4 is 10.2 Å². The van der Waals surface area contributed by atoms with Crippen molar-refractivity contribution in [2.24, 2.45) is 0 Å². The van der Waals surface area contributed by atoms with Crippen LogP contribution >= 0.6 is 0 Å². The molecule has 0 aliphatic carbocycles. The highest BCUT2D eigenvalue weighted by Crippen LogP contribution is 2.25. The van der Waals surface area contributed by atoms with Gasteiger partial charge in [0.05, 0.1) is 0 Å². The summed E-state index contributed by atoms with van der Waals surface area (Å²) >= 11 is 0. The van der Waals surface area contributed by atoms with Crippen molar-refractivity contribution in [1.82, 2.24) is 10.2 Å². The molecule has 2 aliphatic rings. The number of rotatable bonds is 3. The second-order valence-corrected chi connectivity index (χ2v) is 5.83. The minimum atomic E-state index is 0.791. The molecule has 3 nitrogen and oxygen atoms in total. The maximum atomic E-state index is 3.20. The number of hydrogen-bond acceptors (Lipinski definition) is 3. The van der Waals surface area contributed by atoms with Crippen LogP contribution in [0.1, 0.15) is 24.8 Å². The molecule has 0 radical (unpaired) electrons. The Hall–Kier alpha value is -1.06. The van der Waals surface area contributed by atoms with E-state index in [9.17, 15) is 0 Å². The number of piperazine rings is 1. The summed E-state index contributed by atoms with van der Waals surface area (Å²) in [6.07, 6.45) is 4.19. The SMILES string of the molecule is CNCc1ccc(N2CCN3CCCCC3C2)cc1. The second-order valence-electron chi connectivity index (χ2n) is 5.83. The molecule has 1 aromatic rings. The maximum Gasteiger partial charge on any atom is 0.0367 e. The number of fused-ring (bicyclic) bond motifs is 1. The van der Waals surface area contributed by atoms with Crippen molar-refractivity contribution in [2.75, 3.05) is 38.1 Å². The smallest absolute Gasteiger partial charge is 0.0367 e. The topological polar surface area (TPSA) is 18.5 Å². The summed E-state index contributed by atoms with van der Waals surface area (Å²) in [5, 5.41) is 3.20. The van der Waals surface area contributed by atoms with Gasteiger partial charge in [-0.3, -0.25) is 4.90 Å². The highest BCUT2D eigenvalue weighted by atomic mass is 15.3. The Morgan fingerprint density at radius 2 is 1.95 bits per heavy atom. The van der Waals surface area contributed by atoms with Gasteiger partial charge in [-0.15, -0.1) is 0 Å². The Balaban J connectivity index is 1.65. The van der Waals surface area contributed by atoms with E-state index in [0.29, 0.717) is 0 Å². The largest absolute Gasteiger partial charge is 0.369 e. The van der Waals surface area contributed by atoms with Crippen LogP contribution in [0.25, 0.3) is 0 Å². The van der Waals surface area contributed by atoms with Gasteiger partial charge in [0.2, 0.25) is 0 Å². The van der Waals surface area contributed by atoms with Gasteiger partial charge in [0.25, 0.3) is 0 Å². The lowest BCUT2D eigenvalue weighted by molar-refractivity contribution is 0.133. The molecular formula is C16H25N3. The fourth-order valence-corrected chi connectivity index (χ4v) is 3.42. The van der Waals surface area contributed by atoms with Gasteiger partial charge in [0.1, 0.15) is 0 Å². The fourth-order valence-electron chi connectivity index (χ4n) is 3.42. The fraction of sp³-hybridized carbons (Fsp3) is 0.625. The van der Waals surface area contributed by atoms with E-state index in [1.807, 2.05) is 7.05 Å². The summed E-state index contributed by atoms with van der Waals surface area (Å²) in [5.74, 6) is 0. The molecule has 1 aromatic carbocycles. The first-order chi connectivity index (χ1) is 9.36. The van der Waals surface area contributed by atoms with Crippen molar-refractivity contribution in [3.8, 4) is 0 Å². The third-order valence-corrected chi connectivity index (χ3v) is 4.52. The average Bonchev–Trinajstić information content (AvgIpc) is 2.48. The molecule has 3 rings (SSSR count). The highest BCUT2D eigenvalue weighted by Gasteiger charge is 2.28. The van der Waals surface area contributed by atoms with Crippen LogP contribution in [0, 0.1) is 0 Å². The monoisotopic (exact) mass is 259 g/mol. The molecule has 104 valence electrons. The minimum absolute atomic E-state index is 0.791. The van der Waals surface area contributed by atoms with Crippen molar-refractivity contribution in [3.05, 3.63) is 29.8 Å². The molecule has 1 unspecified atom stereocenters. The van der Waals surface area contributed by atoms with Gasteiger partial charge in [-0.1, -0.05) is 18.6 Å². The van der Waals surface area contributed by atoms with Gasteiger partial charge in [0, 0.05) is 37.9 Å². The van der Waals surface area contributed by atoms with Gasteiger partial charge in [-0.2, -0.15) is 0 Å². The molecule has 0 saturated carbocycles. The van der Waals surface area contributed by atoms with Crippen LogP contribution in [-0.2, 0) is 6.54 Å². The van der Waals surface area contributed by atoms with E-state index in [2.05, 4.69) is 39.4 Å². The zero-order valence-corrected chi connectivity index (χ0v) is 11.9. The first-order valence-electron chi connectivity index (χ1n) is 7.59. The second kappa shape index (κ2) is 5.93. The lowest BCUT2D eigenvalue weighted by Crippen LogP contribution is -2.54. The molecule has 2 heterocycles. The standard InChI is InChI=1S/C16H25N3/c1-17-12-14-5-7-15(8-6-14)19-11-10-18-9-3-2-4-16(18)13-19/h5-8,16-17H,2-4,9-13H2,1H3. The summed E-state index contributed by atoms with van der Waals surface area (Å²) in [7, 11) is 2.00. The van der Waals surface area contributed by atoms with Crippen molar-refractivity contribution in [1.29, 1.82) is 0 Å². The van der Waals surface area contributed by atoms with Gasteiger partial charge in [0.15, 0.2) is 0 Å².